The van der Waals surface area contributed by atoms with Crippen molar-refractivity contribution in [2.45, 2.75) is 122 Å². The highest BCUT2D eigenvalue weighted by atomic mass is 28.4. The van der Waals surface area contributed by atoms with Crippen LogP contribution in [0.2, 0.25) is 18.6 Å². The number of benzene rings is 3. The first-order valence-electron chi connectivity index (χ1n) is 23.4. The van der Waals surface area contributed by atoms with Gasteiger partial charge in [-0.3, -0.25) is 19.2 Å². The largest absolute Gasteiger partial charge is 0.494 e. The Bertz CT molecular complexity index is 2360. The first-order valence-corrected chi connectivity index (χ1v) is 26.4. The van der Waals surface area contributed by atoms with E-state index in [-0.39, 0.29) is 36.5 Å². The monoisotopic (exact) mass is 904 g/mol. The smallest absolute Gasteiger partial charge is 0.264 e. The number of hydrogen-bond donors (Lipinski definition) is 4. The van der Waals surface area contributed by atoms with Gasteiger partial charge in [-0.05, 0) is 133 Å². The molecule has 2 unspecified atom stereocenters. The predicted molar refractivity (Wildman–Crippen MR) is 257 cm³/mol. The number of aliphatic hydroxyl groups is 2. The number of aromatic nitrogens is 3. The van der Waals surface area contributed by atoms with Gasteiger partial charge in [0.2, 0.25) is 5.91 Å². The number of aliphatic hydroxyl groups excluding tert-OH is 2. The molecule has 2 amide bonds. The van der Waals surface area contributed by atoms with E-state index in [1.807, 2.05) is 105 Å². The van der Waals surface area contributed by atoms with Gasteiger partial charge in [-0.1, -0.05) is 65.8 Å². The van der Waals surface area contributed by atoms with Crippen molar-refractivity contribution in [2.75, 3.05) is 42.7 Å². The Hall–Kier alpha value is -4.96. The molecule has 0 radical (unpaired) electrons. The average Bonchev–Trinajstić information content (AvgIpc) is 3.93. The lowest BCUT2D eigenvalue weighted by Gasteiger charge is -2.36. The highest BCUT2D eigenvalue weighted by Crippen LogP contribution is 2.60. The van der Waals surface area contributed by atoms with Gasteiger partial charge in [0, 0.05) is 48.6 Å². The van der Waals surface area contributed by atoms with Gasteiger partial charge in [-0.2, -0.15) is 0 Å². The molecule has 3 aromatic carbocycles. The molecule has 4 heterocycles. The van der Waals surface area contributed by atoms with E-state index >= 15 is 4.79 Å². The third kappa shape index (κ3) is 10.1. The Morgan fingerprint density at radius 3 is 2.51 bits per heavy atom. The van der Waals surface area contributed by atoms with Crippen LogP contribution in [0.25, 0.3) is 0 Å². The fourth-order valence-electron chi connectivity index (χ4n) is 10.2. The number of anilines is 3. The van der Waals surface area contributed by atoms with Gasteiger partial charge < -0.3 is 34.7 Å². The van der Waals surface area contributed by atoms with Crippen LogP contribution in [0.1, 0.15) is 95.0 Å². The highest BCUT2D eigenvalue weighted by Gasteiger charge is 2.66. The number of nitrogens with zero attached hydrogens (tertiary/aromatic N) is 5. The standard InChI is InChI=1S/C51H68N6O7Si/c1-8-63-40-20-22-45-38(29-40)30-43(52-25-12-13-28-58)49(60)57(45)39-19-21-46-42(31-39)51(50(61)56(46)27-23-35(4)16-14-15-34(2)3)36(5)48(65(6,7)62)47(64-51)24-26-55-32-44(53-54-55)41(33-59)37-17-10-9-11-18-37/h9-11,15,17-23,29,31-32,36,41,43,47-48,52,58-59,62H,8,12-14,16,24-28,30,33H2,1-7H3/b35-23+/t36-,41?,43?,47+,48-,51+/m0/s1. The Morgan fingerprint density at radius 2 is 1.80 bits per heavy atom. The van der Waals surface area contributed by atoms with Crippen molar-refractivity contribution in [1.82, 2.24) is 20.3 Å². The number of rotatable bonds is 20. The molecule has 1 saturated heterocycles. The zero-order valence-electron chi connectivity index (χ0n) is 39.2. The number of hydrogen-bond acceptors (Lipinski definition) is 10. The number of fused-ring (bicyclic) bond motifs is 3. The fourth-order valence-corrected chi connectivity index (χ4v) is 12.8. The van der Waals surface area contributed by atoms with Crippen molar-refractivity contribution in [3.8, 4) is 5.75 Å². The molecule has 6 atom stereocenters. The quantitative estimate of drug-likeness (QED) is 0.0393. The summed E-state index contributed by atoms with van der Waals surface area (Å²) in [5.74, 6) is -0.309. The third-order valence-corrected chi connectivity index (χ3v) is 15.9. The number of aryl methyl sites for hydroxylation is 1. The Kier molecular flexibility index (Phi) is 15.3. The average molecular weight is 905 g/mol. The van der Waals surface area contributed by atoms with Crippen LogP contribution in [-0.2, 0) is 32.9 Å². The van der Waals surface area contributed by atoms with E-state index in [0.29, 0.717) is 62.4 Å². The second kappa shape index (κ2) is 20.7. The van der Waals surface area contributed by atoms with Crippen LogP contribution in [0.5, 0.6) is 5.75 Å². The van der Waals surface area contributed by atoms with Gasteiger partial charge in [-0.15, -0.1) is 5.10 Å². The summed E-state index contributed by atoms with van der Waals surface area (Å²) in [4.78, 5) is 45.8. The van der Waals surface area contributed by atoms with E-state index in [2.05, 4.69) is 48.6 Å². The van der Waals surface area contributed by atoms with Crippen molar-refractivity contribution >= 4 is 37.2 Å². The normalized spacial score (nSPS) is 22.4. The Balaban J connectivity index is 1.27. The summed E-state index contributed by atoms with van der Waals surface area (Å²) in [7, 11) is -3.01. The second-order valence-corrected chi connectivity index (χ2v) is 22.7. The van der Waals surface area contributed by atoms with Gasteiger partial charge in [-0.25, -0.2) is 0 Å². The molecular formula is C51H68N6O7Si. The summed E-state index contributed by atoms with van der Waals surface area (Å²) < 4.78 is 14.9. The number of ether oxygens (including phenoxy) is 2. The molecule has 348 valence electrons. The molecule has 4 N–H and O–H groups in total. The summed E-state index contributed by atoms with van der Waals surface area (Å²) in [6.45, 7) is 15.9. The van der Waals surface area contributed by atoms with E-state index in [0.717, 1.165) is 47.5 Å². The maximum Gasteiger partial charge on any atom is 0.264 e. The van der Waals surface area contributed by atoms with Gasteiger partial charge in [0.1, 0.15) is 5.75 Å². The third-order valence-electron chi connectivity index (χ3n) is 13.4. The summed E-state index contributed by atoms with van der Waals surface area (Å²) >= 11 is 0. The van der Waals surface area contributed by atoms with Crippen LogP contribution in [0, 0.1) is 5.92 Å². The fraction of sp³-hybridized carbons (Fsp3) is 0.490. The van der Waals surface area contributed by atoms with E-state index in [1.54, 1.807) is 9.58 Å². The van der Waals surface area contributed by atoms with Gasteiger partial charge in [0.25, 0.3) is 5.91 Å². The number of allylic oxidation sites excluding steroid dienone is 3. The molecule has 1 spiro atoms. The maximum absolute atomic E-state index is 15.4. The van der Waals surface area contributed by atoms with Crippen LogP contribution in [-0.4, -0.2) is 95.2 Å². The van der Waals surface area contributed by atoms with Crippen molar-refractivity contribution < 1.29 is 34.1 Å². The highest BCUT2D eigenvalue weighted by molar-refractivity contribution is 6.71. The van der Waals surface area contributed by atoms with E-state index in [9.17, 15) is 19.8 Å². The number of unbranched alkanes of at least 4 members (excludes halogenated alkanes) is 1. The van der Waals surface area contributed by atoms with Crippen LogP contribution >= 0.6 is 0 Å². The predicted octanol–water partition coefficient (Wildman–Crippen LogP) is 7.68. The molecule has 0 bridgehead atoms. The SMILES string of the molecule is CCOc1ccc2c(c1)CC(NCCCCO)C(=O)N2c1ccc2c(c1)[C@@]1(O[C@H](CCn3cc(C(CO)c4ccccc4)nn3)[C@@H]([Si](C)(C)O)[C@@H]1C)C(=O)N2C/C=C(\C)CCC=C(C)C. The molecule has 0 aliphatic carbocycles. The summed E-state index contributed by atoms with van der Waals surface area (Å²) in [5, 5.41) is 32.1. The lowest BCUT2D eigenvalue weighted by molar-refractivity contribution is -0.145. The molecule has 7 rings (SSSR count). The van der Waals surface area contributed by atoms with E-state index in [4.69, 9.17) is 9.47 Å². The van der Waals surface area contributed by atoms with Crippen molar-refractivity contribution in [2.24, 2.45) is 5.92 Å². The zero-order chi connectivity index (χ0) is 46.5. The molecule has 1 fully saturated rings. The lowest BCUT2D eigenvalue weighted by Crippen LogP contribution is -2.49. The van der Waals surface area contributed by atoms with Crippen molar-refractivity contribution in [1.29, 1.82) is 0 Å². The number of amides is 2. The maximum atomic E-state index is 15.4. The number of carbonyl (C=O) groups excluding carboxylic acids is 2. The molecule has 14 heteroatoms. The van der Waals surface area contributed by atoms with Gasteiger partial charge >= 0.3 is 0 Å². The Labute approximate surface area is 385 Å². The number of carbonyl (C=O) groups is 2. The molecule has 3 aliphatic heterocycles. The first kappa shape index (κ1) is 48.0. The number of nitrogens with one attached hydrogen (secondary N) is 1. The van der Waals surface area contributed by atoms with Crippen LogP contribution in [0.4, 0.5) is 17.1 Å². The molecule has 0 saturated carbocycles. The molecular weight excluding hydrogens is 837 g/mol. The Morgan fingerprint density at radius 1 is 1.03 bits per heavy atom. The van der Waals surface area contributed by atoms with Crippen LogP contribution in [0.3, 0.4) is 0 Å². The minimum atomic E-state index is -3.01. The van der Waals surface area contributed by atoms with E-state index in [1.165, 1.54) is 11.1 Å². The zero-order valence-corrected chi connectivity index (χ0v) is 40.2. The topological polar surface area (TPSA) is 163 Å². The molecule has 1 aromatic heterocycles. The minimum Gasteiger partial charge on any atom is -0.494 e. The molecule has 65 heavy (non-hydrogen) atoms. The first-order chi connectivity index (χ1) is 31.2. The molecule has 3 aliphatic rings. The van der Waals surface area contributed by atoms with Crippen LogP contribution < -0.4 is 19.9 Å². The summed E-state index contributed by atoms with van der Waals surface area (Å²) in [5.41, 5.74) is 6.01. The van der Waals surface area contributed by atoms with Crippen molar-refractivity contribution in [3.63, 3.8) is 0 Å². The summed E-state index contributed by atoms with van der Waals surface area (Å²) in [6, 6.07) is 20.9. The molecule has 4 aromatic rings. The van der Waals surface area contributed by atoms with E-state index < -0.39 is 32.0 Å². The van der Waals surface area contributed by atoms with Gasteiger partial charge in [0.15, 0.2) is 13.9 Å². The minimum absolute atomic E-state index is 0.0875. The van der Waals surface area contributed by atoms with Crippen LogP contribution in [0.15, 0.2) is 96.2 Å². The van der Waals surface area contributed by atoms with Gasteiger partial charge in [0.05, 0.1) is 48.3 Å². The van der Waals surface area contributed by atoms with Crippen molar-refractivity contribution in [3.05, 3.63) is 119 Å². The molecule has 13 nitrogen and oxygen atoms in total. The second-order valence-electron chi connectivity index (χ2n) is 18.7. The summed E-state index contributed by atoms with van der Waals surface area (Å²) in [6.07, 6.45) is 9.78. The lowest BCUT2D eigenvalue weighted by atomic mass is 9.82.